The monoisotopic (exact) mass is 354 g/mol. The summed E-state index contributed by atoms with van der Waals surface area (Å²) in [5.74, 6) is 2.78. The summed E-state index contributed by atoms with van der Waals surface area (Å²) in [5.41, 5.74) is 0.714. The van der Waals surface area contributed by atoms with Gasteiger partial charge in [-0.15, -0.1) is 5.10 Å². The Morgan fingerprint density at radius 1 is 1.04 bits per heavy atom. The van der Waals surface area contributed by atoms with E-state index < -0.39 is 0 Å². The van der Waals surface area contributed by atoms with Gasteiger partial charge in [-0.2, -0.15) is 0 Å². The number of aromatic nitrogens is 3. The van der Waals surface area contributed by atoms with E-state index in [4.69, 9.17) is 0 Å². The molecule has 2 aliphatic heterocycles. The first-order valence-corrected chi connectivity index (χ1v) is 9.57. The van der Waals surface area contributed by atoms with Crippen LogP contribution in [0, 0.1) is 30.5 Å². The number of benzene rings is 1. The van der Waals surface area contributed by atoms with Gasteiger partial charge < -0.3 is 4.90 Å². The van der Waals surface area contributed by atoms with Crippen molar-refractivity contribution in [2.24, 2.45) is 17.8 Å². The van der Waals surface area contributed by atoms with E-state index in [0.29, 0.717) is 23.5 Å². The smallest absolute Gasteiger partial charge is 0.293 e. The molecule has 26 heavy (non-hydrogen) atoms. The van der Waals surface area contributed by atoms with Crippen molar-refractivity contribution in [3.63, 3.8) is 0 Å². The van der Waals surface area contributed by atoms with E-state index in [1.165, 1.54) is 31.4 Å². The molecule has 4 fully saturated rings. The van der Waals surface area contributed by atoms with Crippen LogP contribution in [0.15, 0.2) is 24.3 Å². The lowest BCUT2D eigenvalue weighted by atomic mass is 9.68. The zero-order valence-electron chi connectivity index (χ0n) is 14.9. The molecule has 2 saturated heterocycles. The molecule has 2 atom stereocenters. The SMILES string of the molecule is Cc1nc(C(=O)N2CC3CC4CC(C3)CC2C4)nn1-c1ccc(F)cc1. The van der Waals surface area contributed by atoms with E-state index in [0.717, 1.165) is 31.2 Å². The van der Waals surface area contributed by atoms with E-state index in [9.17, 15) is 9.18 Å². The summed E-state index contributed by atoms with van der Waals surface area (Å²) in [4.78, 5) is 19.7. The third-order valence-electron chi connectivity index (χ3n) is 6.40. The third kappa shape index (κ3) is 2.63. The molecule has 0 spiro atoms. The highest BCUT2D eigenvalue weighted by Crippen LogP contribution is 2.47. The van der Waals surface area contributed by atoms with E-state index in [2.05, 4.69) is 10.1 Å². The van der Waals surface area contributed by atoms with Crippen LogP contribution >= 0.6 is 0 Å². The summed E-state index contributed by atoms with van der Waals surface area (Å²) in [7, 11) is 0. The highest BCUT2D eigenvalue weighted by Gasteiger charge is 2.44. The number of carbonyl (C=O) groups is 1. The molecule has 5 nitrogen and oxygen atoms in total. The van der Waals surface area contributed by atoms with Crippen LogP contribution in [-0.4, -0.2) is 38.2 Å². The molecule has 4 bridgehead atoms. The van der Waals surface area contributed by atoms with Gasteiger partial charge in [-0.25, -0.2) is 14.1 Å². The molecule has 2 aromatic rings. The molecule has 0 radical (unpaired) electrons. The number of rotatable bonds is 2. The number of aryl methyl sites for hydroxylation is 1. The Labute approximate surface area is 152 Å². The summed E-state index contributed by atoms with van der Waals surface area (Å²) in [6.45, 7) is 2.67. The Balaban J connectivity index is 1.44. The average molecular weight is 354 g/mol. The largest absolute Gasteiger partial charge is 0.333 e. The molecule has 3 heterocycles. The number of nitrogens with zero attached hydrogens (tertiary/aromatic N) is 4. The fraction of sp³-hybridized carbons (Fsp3) is 0.550. The van der Waals surface area contributed by atoms with Crippen molar-refractivity contribution in [2.75, 3.05) is 6.54 Å². The zero-order chi connectivity index (χ0) is 17.8. The second kappa shape index (κ2) is 5.89. The highest BCUT2D eigenvalue weighted by atomic mass is 19.1. The van der Waals surface area contributed by atoms with Crippen molar-refractivity contribution >= 4 is 5.91 Å². The first kappa shape index (κ1) is 16.0. The first-order chi connectivity index (χ1) is 12.6. The minimum atomic E-state index is -0.293. The van der Waals surface area contributed by atoms with Crippen LogP contribution in [0.5, 0.6) is 0 Å². The van der Waals surface area contributed by atoms with Crippen LogP contribution in [0.2, 0.25) is 0 Å². The molecule has 2 saturated carbocycles. The second-order valence-electron chi connectivity index (χ2n) is 8.26. The van der Waals surface area contributed by atoms with Gasteiger partial charge in [0.2, 0.25) is 5.82 Å². The fourth-order valence-electron chi connectivity index (χ4n) is 5.47. The summed E-state index contributed by atoms with van der Waals surface area (Å²) >= 11 is 0. The molecule has 1 aromatic carbocycles. The van der Waals surface area contributed by atoms with Crippen LogP contribution < -0.4 is 0 Å². The highest BCUT2D eigenvalue weighted by molar-refractivity contribution is 5.90. The van der Waals surface area contributed by atoms with Crippen LogP contribution in [-0.2, 0) is 0 Å². The van der Waals surface area contributed by atoms with Gasteiger partial charge >= 0.3 is 0 Å². The molecule has 4 aliphatic rings. The molecular weight excluding hydrogens is 331 g/mol. The van der Waals surface area contributed by atoms with Crippen LogP contribution in [0.3, 0.4) is 0 Å². The van der Waals surface area contributed by atoms with E-state index in [1.807, 2.05) is 11.8 Å². The van der Waals surface area contributed by atoms with Crippen molar-refractivity contribution in [1.82, 2.24) is 19.7 Å². The summed E-state index contributed by atoms with van der Waals surface area (Å²) < 4.78 is 14.8. The van der Waals surface area contributed by atoms with Crippen molar-refractivity contribution in [1.29, 1.82) is 0 Å². The Hall–Kier alpha value is -2.24. The Kier molecular flexibility index (Phi) is 3.62. The lowest BCUT2D eigenvalue weighted by Crippen LogP contribution is -2.42. The minimum absolute atomic E-state index is 0.0489. The van der Waals surface area contributed by atoms with Crippen molar-refractivity contribution in [3.05, 3.63) is 41.7 Å². The third-order valence-corrected chi connectivity index (χ3v) is 6.40. The van der Waals surface area contributed by atoms with Crippen molar-refractivity contribution in [2.45, 2.75) is 45.1 Å². The lowest BCUT2D eigenvalue weighted by Gasteiger charge is -2.38. The van der Waals surface area contributed by atoms with Gasteiger partial charge in [0.05, 0.1) is 5.69 Å². The predicted molar refractivity (Wildman–Crippen MR) is 94.4 cm³/mol. The Morgan fingerprint density at radius 3 is 2.38 bits per heavy atom. The molecular formula is C20H23FN4O. The fourth-order valence-corrected chi connectivity index (χ4v) is 5.47. The molecule has 2 aliphatic carbocycles. The number of amides is 1. The summed E-state index contributed by atoms with van der Waals surface area (Å²) in [6.07, 6.45) is 6.17. The maximum atomic E-state index is 13.2. The van der Waals surface area contributed by atoms with Gasteiger partial charge in [0.1, 0.15) is 11.6 Å². The van der Waals surface area contributed by atoms with Crippen LogP contribution in [0.25, 0.3) is 5.69 Å². The van der Waals surface area contributed by atoms with Crippen LogP contribution in [0.1, 0.15) is 48.5 Å². The van der Waals surface area contributed by atoms with Crippen molar-refractivity contribution in [3.8, 4) is 5.69 Å². The van der Waals surface area contributed by atoms with Gasteiger partial charge in [-0.3, -0.25) is 4.79 Å². The van der Waals surface area contributed by atoms with Crippen LogP contribution in [0.4, 0.5) is 4.39 Å². The Morgan fingerprint density at radius 2 is 1.69 bits per heavy atom. The first-order valence-electron chi connectivity index (χ1n) is 9.57. The quantitative estimate of drug-likeness (QED) is 0.831. The van der Waals surface area contributed by atoms with E-state index in [1.54, 1.807) is 16.8 Å². The number of hydrogen-bond acceptors (Lipinski definition) is 3. The van der Waals surface area contributed by atoms with Gasteiger partial charge in [-0.05, 0) is 81.0 Å². The maximum absolute atomic E-state index is 13.2. The molecule has 1 amide bonds. The van der Waals surface area contributed by atoms with Gasteiger partial charge in [0.15, 0.2) is 0 Å². The minimum Gasteiger partial charge on any atom is -0.333 e. The molecule has 6 heteroatoms. The number of hydrogen-bond donors (Lipinski definition) is 0. The van der Waals surface area contributed by atoms with Gasteiger partial charge in [0.25, 0.3) is 5.91 Å². The van der Waals surface area contributed by atoms with Gasteiger partial charge in [0, 0.05) is 12.6 Å². The normalized spacial score (nSPS) is 29.8. The van der Waals surface area contributed by atoms with E-state index >= 15 is 0 Å². The molecule has 2 unspecified atom stereocenters. The predicted octanol–water partition coefficient (Wildman–Crippen LogP) is 3.37. The molecule has 6 rings (SSSR count). The molecule has 136 valence electrons. The number of halogens is 1. The number of fused-ring (bicyclic) bond motifs is 1. The second-order valence-corrected chi connectivity index (χ2v) is 8.26. The zero-order valence-corrected chi connectivity index (χ0v) is 14.9. The summed E-state index contributed by atoms with van der Waals surface area (Å²) in [5, 5.41) is 4.45. The maximum Gasteiger partial charge on any atom is 0.293 e. The van der Waals surface area contributed by atoms with E-state index in [-0.39, 0.29) is 17.5 Å². The lowest BCUT2D eigenvalue weighted by molar-refractivity contribution is 0.0620. The van der Waals surface area contributed by atoms with Gasteiger partial charge in [-0.1, -0.05) is 0 Å². The standard InChI is InChI=1S/C20H23FN4O/c1-12-22-19(23-25(12)17-4-2-16(21)3-5-17)20(26)24-11-15-7-13-6-14(8-15)10-18(24)9-13/h2-5,13-15,18H,6-11H2,1H3. The summed E-state index contributed by atoms with van der Waals surface area (Å²) in [6, 6.07) is 6.43. The number of carbonyl (C=O) groups excluding carboxylic acids is 1. The molecule has 0 N–H and O–H groups in total. The van der Waals surface area contributed by atoms with Crippen molar-refractivity contribution < 1.29 is 9.18 Å². The average Bonchev–Trinajstić information content (AvgIpc) is 2.89. The molecule has 1 aromatic heterocycles. The topological polar surface area (TPSA) is 51.0 Å². The Bertz CT molecular complexity index is 832.